The third kappa shape index (κ3) is 4.25. The summed E-state index contributed by atoms with van der Waals surface area (Å²) in [6.07, 6.45) is 1.11. The van der Waals surface area contributed by atoms with E-state index in [0.717, 1.165) is 12.0 Å². The molecular formula is C16H23FO. The molecule has 3 atom stereocenters. The lowest BCUT2D eigenvalue weighted by molar-refractivity contribution is -0.119. The molecular weight excluding hydrogens is 227 g/mol. The highest BCUT2D eigenvalue weighted by Gasteiger charge is 2.25. The van der Waals surface area contributed by atoms with Gasteiger partial charge in [-0.05, 0) is 31.2 Å². The second-order valence-corrected chi connectivity index (χ2v) is 5.10. The zero-order valence-corrected chi connectivity index (χ0v) is 11.5. The van der Waals surface area contributed by atoms with E-state index in [-0.39, 0.29) is 17.6 Å². The van der Waals surface area contributed by atoms with Gasteiger partial charge in [0.25, 0.3) is 0 Å². The Morgan fingerprint density at radius 2 is 1.89 bits per heavy atom. The van der Waals surface area contributed by atoms with Crippen LogP contribution in [-0.2, 0) is 4.79 Å². The monoisotopic (exact) mass is 250 g/mol. The molecule has 0 saturated heterocycles. The minimum atomic E-state index is -0.796. The normalized spacial score (nSPS) is 16.0. The van der Waals surface area contributed by atoms with Gasteiger partial charge in [-0.15, -0.1) is 0 Å². The van der Waals surface area contributed by atoms with Gasteiger partial charge in [0.2, 0.25) is 0 Å². The second kappa shape index (κ2) is 7.30. The molecule has 0 heterocycles. The summed E-state index contributed by atoms with van der Waals surface area (Å²) in [6, 6.07) is 9.69. The lowest BCUT2D eigenvalue weighted by Gasteiger charge is -2.23. The van der Waals surface area contributed by atoms with Crippen molar-refractivity contribution in [3.05, 3.63) is 35.9 Å². The molecule has 0 bridgehead atoms. The van der Waals surface area contributed by atoms with E-state index in [2.05, 4.69) is 0 Å². The van der Waals surface area contributed by atoms with E-state index in [1.54, 1.807) is 6.92 Å². The Morgan fingerprint density at radius 3 is 2.39 bits per heavy atom. The summed E-state index contributed by atoms with van der Waals surface area (Å²) in [5.41, 5.74) is 1.00. The first kappa shape index (κ1) is 14.9. The van der Waals surface area contributed by atoms with E-state index in [4.69, 9.17) is 0 Å². The Hall–Kier alpha value is -1.18. The zero-order chi connectivity index (χ0) is 13.5. The fraction of sp³-hybridized carbons (Fsp3) is 0.562. The van der Waals surface area contributed by atoms with Crippen molar-refractivity contribution in [2.75, 3.05) is 0 Å². The van der Waals surface area contributed by atoms with Gasteiger partial charge in [-0.1, -0.05) is 50.6 Å². The summed E-state index contributed by atoms with van der Waals surface area (Å²) in [5.74, 6) is -0.00912. The highest BCUT2D eigenvalue weighted by molar-refractivity contribution is 5.83. The van der Waals surface area contributed by atoms with Crippen LogP contribution in [0, 0.1) is 5.92 Å². The van der Waals surface area contributed by atoms with Crippen LogP contribution in [0.25, 0.3) is 0 Å². The Morgan fingerprint density at radius 1 is 1.28 bits per heavy atom. The molecule has 0 saturated carbocycles. The summed E-state index contributed by atoms with van der Waals surface area (Å²) in [5, 5.41) is 0. The van der Waals surface area contributed by atoms with Gasteiger partial charge < -0.3 is 0 Å². The topological polar surface area (TPSA) is 17.1 Å². The lowest BCUT2D eigenvalue weighted by atomic mass is 9.81. The maximum atomic E-state index is 13.7. The fourth-order valence-corrected chi connectivity index (χ4v) is 2.59. The number of carbonyl (C=O) groups is 1. The number of carbonyl (C=O) groups excluding carboxylic acids is 1. The van der Waals surface area contributed by atoms with Gasteiger partial charge in [-0.2, -0.15) is 0 Å². The molecule has 2 heteroatoms. The van der Waals surface area contributed by atoms with Crippen molar-refractivity contribution in [2.45, 2.75) is 52.1 Å². The Balaban J connectivity index is 2.77. The molecule has 3 unspecified atom stereocenters. The summed E-state index contributed by atoms with van der Waals surface area (Å²) in [6.45, 7) is 5.55. The van der Waals surface area contributed by atoms with Crippen LogP contribution < -0.4 is 0 Å². The SMILES string of the molecule is CCCC(F)CC(C)C(C(C)=O)c1ccccc1. The van der Waals surface area contributed by atoms with Crippen LogP contribution in [0.3, 0.4) is 0 Å². The quantitative estimate of drug-likeness (QED) is 0.695. The average Bonchev–Trinajstić information content (AvgIpc) is 2.30. The maximum absolute atomic E-state index is 13.7. The molecule has 1 aromatic carbocycles. The van der Waals surface area contributed by atoms with Gasteiger partial charge >= 0.3 is 0 Å². The molecule has 0 aliphatic carbocycles. The standard InChI is InChI=1S/C16H23FO/c1-4-8-15(17)11-12(2)16(13(3)18)14-9-6-5-7-10-14/h5-7,9-10,12,15-16H,4,8,11H2,1-3H3. The van der Waals surface area contributed by atoms with Gasteiger partial charge in [0, 0.05) is 5.92 Å². The third-order valence-corrected chi connectivity index (χ3v) is 3.40. The number of benzene rings is 1. The Kier molecular flexibility index (Phi) is 6.03. The van der Waals surface area contributed by atoms with Gasteiger partial charge in [0.05, 0.1) is 0 Å². The van der Waals surface area contributed by atoms with Gasteiger partial charge in [0.15, 0.2) is 0 Å². The molecule has 0 aromatic heterocycles. The molecule has 0 aliphatic rings. The molecule has 0 aliphatic heterocycles. The predicted octanol–water partition coefficient (Wildman–Crippen LogP) is 4.52. The van der Waals surface area contributed by atoms with Crippen molar-refractivity contribution in [2.24, 2.45) is 5.92 Å². The van der Waals surface area contributed by atoms with Crippen molar-refractivity contribution in [1.82, 2.24) is 0 Å². The molecule has 0 N–H and O–H groups in total. The van der Waals surface area contributed by atoms with Crippen LogP contribution in [-0.4, -0.2) is 12.0 Å². The fourth-order valence-electron chi connectivity index (χ4n) is 2.59. The summed E-state index contributed by atoms with van der Waals surface area (Å²) >= 11 is 0. The van der Waals surface area contributed by atoms with Crippen LogP contribution in [0.2, 0.25) is 0 Å². The minimum Gasteiger partial charge on any atom is -0.299 e. The van der Waals surface area contributed by atoms with E-state index in [9.17, 15) is 9.18 Å². The first-order valence-corrected chi connectivity index (χ1v) is 6.75. The van der Waals surface area contributed by atoms with Crippen molar-refractivity contribution >= 4 is 5.78 Å². The van der Waals surface area contributed by atoms with E-state index >= 15 is 0 Å². The van der Waals surface area contributed by atoms with E-state index in [0.29, 0.717) is 12.8 Å². The molecule has 0 amide bonds. The molecule has 1 nitrogen and oxygen atoms in total. The highest BCUT2D eigenvalue weighted by Crippen LogP contribution is 2.30. The Labute approximate surface area is 109 Å². The zero-order valence-electron chi connectivity index (χ0n) is 11.5. The first-order valence-electron chi connectivity index (χ1n) is 6.75. The van der Waals surface area contributed by atoms with Crippen molar-refractivity contribution in [1.29, 1.82) is 0 Å². The minimum absolute atomic E-state index is 0.0476. The number of hydrogen-bond donors (Lipinski definition) is 0. The Bertz CT molecular complexity index is 361. The average molecular weight is 250 g/mol. The van der Waals surface area contributed by atoms with Crippen molar-refractivity contribution < 1.29 is 9.18 Å². The number of alkyl halides is 1. The highest BCUT2D eigenvalue weighted by atomic mass is 19.1. The third-order valence-electron chi connectivity index (χ3n) is 3.40. The van der Waals surface area contributed by atoms with E-state index in [1.807, 2.05) is 44.2 Å². The number of ketones is 1. The largest absolute Gasteiger partial charge is 0.299 e. The molecule has 0 spiro atoms. The number of rotatable bonds is 7. The molecule has 100 valence electrons. The lowest BCUT2D eigenvalue weighted by Crippen LogP contribution is -2.20. The van der Waals surface area contributed by atoms with Crippen LogP contribution in [0.1, 0.15) is 51.5 Å². The molecule has 1 rings (SSSR count). The predicted molar refractivity (Wildman–Crippen MR) is 73.4 cm³/mol. The number of hydrogen-bond acceptors (Lipinski definition) is 1. The van der Waals surface area contributed by atoms with Gasteiger partial charge in [0.1, 0.15) is 12.0 Å². The van der Waals surface area contributed by atoms with Gasteiger partial charge in [-0.3, -0.25) is 4.79 Å². The summed E-state index contributed by atoms with van der Waals surface area (Å²) < 4.78 is 13.7. The number of halogens is 1. The second-order valence-electron chi connectivity index (χ2n) is 5.10. The first-order chi connectivity index (χ1) is 8.56. The van der Waals surface area contributed by atoms with E-state index < -0.39 is 6.17 Å². The van der Waals surface area contributed by atoms with Crippen LogP contribution >= 0.6 is 0 Å². The molecule has 0 fully saturated rings. The summed E-state index contributed by atoms with van der Waals surface area (Å²) in [7, 11) is 0. The van der Waals surface area contributed by atoms with Crippen LogP contribution in [0.15, 0.2) is 30.3 Å². The number of Topliss-reactive ketones (excluding diaryl/α,β-unsaturated/α-hetero) is 1. The van der Waals surface area contributed by atoms with Crippen molar-refractivity contribution in [3.8, 4) is 0 Å². The molecule has 1 aromatic rings. The maximum Gasteiger partial charge on any atom is 0.137 e. The molecule has 0 radical (unpaired) electrons. The smallest absolute Gasteiger partial charge is 0.137 e. The van der Waals surface area contributed by atoms with Crippen LogP contribution in [0.5, 0.6) is 0 Å². The van der Waals surface area contributed by atoms with Crippen LogP contribution in [0.4, 0.5) is 4.39 Å². The van der Waals surface area contributed by atoms with Crippen molar-refractivity contribution in [3.63, 3.8) is 0 Å². The van der Waals surface area contributed by atoms with Gasteiger partial charge in [-0.25, -0.2) is 4.39 Å². The summed E-state index contributed by atoms with van der Waals surface area (Å²) in [4.78, 5) is 11.8. The molecule has 18 heavy (non-hydrogen) atoms. The van der Waals surface area contributed by atoms with E-state index in [1.165, 1.54) is 0 Å².